The van der Waals surface area contributed by atoms with E-state index in [-0.39, 0.29) is 5.91 Å². The fourth-order valence-corrected chi connectivity index (χ4v) is 3.74. The Bertz CT molecular complexity index is 888. The van der Waals surface area contributed by atoms with Crippen LogP contribution in [0.5, 0.6) is 0 Å². The number of thioether (sulfide) groups is 1. The van der Waals surface area contributed by atoms with Crippen LogP contribution in [0.2, 0.25) is 0 Å². The number of ether oxygens (including phenoxy) is 1. The second-order valence-electron chi connectivity index (χ2n) is 7.37. The first-order valence-corrected chi connectivity index (χ1v) is 11.6. The quantitative estimate of drug-likeness (QED) is 0.304. The zero-order valence-corrected chi connectivity index (χ0v) is 19.4. The van der Waals surface area contributed by atoms with Crippen LogP contribution in [-0.4, -0.2) is 36.9 Å². The van der Waals surface area contributed by atoms with E-state index >= 15 is 0 Å². The molecule has 0 heterocycles. The van der Waals surface area contributed by atoms with Crippen molar-refractivity contribution in [2.45, 2.75) is 38.3 Å². The van der Waals surface area contributed by atoms with Crippen molar-refractivity contribution in [3.63, 3.8) is 0 Å². The van der Waals surface area contributed by atoms with Crippen LogP contribution in [-0.2, 0) is 22.4 Å². The van der Waals surface area contributed by atoms with Crippen molar-refractivity contribution in [1.29, 1.82) is 0 Å². The third-order valence-corrected chi connectivity index (χ3v) is 5.84. The van der Waals surface area contributed by atoms with Crippen molar-refractivity contribution in [3.8, 4) is 0 Å². The maximum Gasteiger partial charge on any atom is 0.407 e. The van der Waals surface area contributed by atoms with Crippen LogP contribution >= 0.6 is 11.8 Å². The maximum atomic E-state index is 13.2. The number of hydrogen-bond donors (Lipinski definition) is 4. The summed E-state index contributed by atoms with van der Waals surface area (Å²) in [5.74, 6) is 0.598. The molecule has 2 rings (SSSR count). The average molecular weight is 457 g/mol. The number of nitrogens with two attached hydrogens (primary N) is 2. The Morgan fingerprint density at radius 2 is 1.62 bits per heavy atom. The van der Waals surface area contributed by atoms with E-state index in [1.54, 1.807) is 11.8 Å². The Hall–Kier alpha value is -3.13. The molecule has 6 N–H and O–H groups in total. The molecule has 0 unspecified atom stereocenters. The normalized spacial score (nSPS) is 13.1. The smallest absolute Gasteiger partial charge is 0.407 e. The number of amides is 2. The molecule has 0 radical (unpaired) electrons. The van der Waals surface area contributed by atoms with Crippen LogP contribution in [0.4, 0.5) is 10.5 Å². The minimum absolute atomic E-state index is 0.324. The Morgan fingerprint density at radius 1 is 1.00 bits per heavy atom. The number of anilines is 1. The number of carbonyl (C=O) groups excluding carboxylic acids is 2. The minimum atomic E-state index is -0.810. The summed E-state index contributed by atoms with van der Waals surface area (Å²) < 4.78 is 4.71. The average Bonchev–Trinajstić information content (AvgIpc) is 2.80. The van der Waals surface area contributed by atoms with Gasteiger partial charge in [0.2, 0.25) is 5.91 Å². The van der Waals surface area contributed by atoms with Gasteiger partial charge in [0.15, 0.2) is 0 Å². The molecule has 0 saturated heterocycles. The minimum Gasteiger partial charge on any atom is -0.453 e. The summed E-state index contributed by atoms with van der Waals surface area (Å²) in [6.07, 6.45) is 1.17. The van der Waals surface area contributed by atoms with Crippen LogP contribution in [0.1, 0.15) is 24.5 Å². The summed E-state index contributed by atoms with van der Waals surface area (Å²) in [4.78, 5) is 25.1. The van der Waals surface area contributed by atoms with E-state index in [0.29, 0.717) is 24.2 Å². The largest absolute Gasteiger partial charge is 0.453 e. The number of hydrogen-bond acceptors (Lipinski definition) is 6. The predicted molar refractivity (Wildman–Crippen MR) is 131 cm³/mol. The number of nitrogen functional groups attached to an aromatic ring is 1. The molecular weight excluding hydrogens is 424 g/mol. The highest BCUT2D eigenvalue weighted by molar-refractivity contribution is 8.02. The molecule has 0 aliphatic rings. The predicted octanol–water partition coefficient (Wildman–Crippen LogP) is 3.21. The lowest BCUT2D eigenvalue weighted by Gasteiger charge is -2.24. The molecule has 32 heavy (non-hydrogen) atoms. The molecule has 172 valence electrons. The Labute approximate surface area is 194 Å². The van der Waals surface area contributed by atoms with E-state index < -0.39 is 18.2 Å². The van der Waals surface area contributed by atoms with Crippen molar-refractivity contribution in [3.05, 3.63) is 76.8 Å². The molecule has 7 nitrogen and oxygen atoms in total. The fourth-order valence-electron chi connectivity index (χ4n) is 3.03. The summed E-state index contributed by atoms with van der Waals surface area (Å²) in [5.41, 5.74) is 15.3. The van der Waals surface area contributed by atoms with Gasteiger partial charge in [0.05, 0.1) is 13.2 Å². The second kappa shape index (κ2) is 13.3. The highest BCUT2D eigenvalue weighted by Crippen LogP contribution is 2.14. The number of nitrogens with one attached hydrogen (secondary N) is 2. The number of benzene rings is 2. The van der Waals surface area contributed by atoms with E-state index in [4.69, 9.17) is 16.2 Å². The van der Waals surface area contributed by atoms with Gasteiger partial charge in [0.25, 0.3) is 0 Å². The summed E-state index contributed by atoms with van der Waals surface area (Å²) in [6.45, 7) is 2.09. The van der Waals surface area contributed by atoms with Gasteiger partial charge in [-0.05, 0) is 47.3 Å². The first-order valence-electron chi connectivity index (χ1n) is 10.5. The van der Waals surface area contributed by atoms with E-state index in [2.05, 4.69) is 17.6 Å². The van der Waals surface area contributed by atoms with Gasteiger partial charge in [0.1, 0.15) is 6.04 Å². The third kappa shape index (κ3) is 8.55. The fraction of sp³-hybridized carbons (Fsp3) is 0.333. The van der Waals surface area contributed by atoms with Crippen LogP contribution in [0.3, 0.4) is 0 Å². The van der Waals surface area contributed by atoms with E-state index in [0.717, 1.165) is 23.3 Å². The van der Waals surface area contributed by atoms with Gasteiger partial charge in [-0.2, -0.15) is 0 Å². The molecule has 2 atom stereocenters. The molecule has 0 fully saturated rings. The third-order valence-electron chi connectivity index (χ3n) is 4.76. The molecule has 2 aromatic rings. The van der Waals surface area contributed by atoms with Crippen LogP contribution in [0, 0.1) is 0 Å². The summed E-state index contributed by atoms with van der Waals surface area (Å²) in [7, 11) is 1.27. The standard InChI is InChI=1S/C24H32N4O3S/c1-3-13-32-16-20(26)21(14-18-9-11-19(25)12-10-18)27-23(29)22(28-24(30)31-2)15-17-7-5-4-6-8-17/h4-12,16,21-22H,3,13-15,25-26H2,1-2H3,(H,27,29)(H,28,30)/b20-16-/t21-,22-/m0/s1. The monoisotopic (exact) mass is 456 g/mol. The number of methoxy groups -OCH3 is 1. The highest BCUT2D eigenvalue weighted by atomic mass is 32.2. The lowest BCUT2D eigenvalue weighted by atomic mass is 10.0. The molecule has 2 aromatic carbocycles. The zero-order valence-electron chi connectivity index (χ0n) is 18.5. The molecule has 2 amide bonds. The van der Waals surface area contributed by atoms with Gasteiger partial charge in [-0.1, -0.05) is 49.4 Å². The van der Waals surface area contributed by atoms with E-state index in [1.807, 2.05) is 60.0 Å². The topological polar surface area (TPSA) is 119 Å². The summed E-state index contributed by atoms with van der Waals surface area (Å²) >= 11 is 1.61. The van der Waals surface area contributed by atoms with Crippen LogP contribution in [0.25, 0.3) is 0 Å². The molecular formula is C24H32N4O3S. The molecule has 0 aromatic heterocycles. The van der Waals surface area contributed by atoms with Crippen LogP contribution < -0.4 is 22.1 Å². The maximum absolute atomic E-state index is 13.2. The van der Waals surface area contributed by atoms with Crippen molar-refractivity contribution >= 4 is 29.4 Å². The van der Waals surface area contributed by atoms with Gasteiger partial charge < -0.3 is 26.8 Å². The number of alkyl carbamates (subject to hydrolysis) is 1. The lowest BCUT2D eigenvalue weighted by Crippen LogP contribution is -2.52. The first-order chi connectivity index (χ1) is 15.4. The first kappa shape index (κ1) is 25.1. The molecule has 0 aliphatic heterocycles. The van der Waals surface area contributed by atoms with Crippen molar-refractivity contribution < 1.29 is 14.3 Å². The van der Waals surface area contributed by atoms with Gasteiger partial charge in [0, 0.05) is 17.8 Å². The van der Waals surface area contributed by atoms with Crippen molar-refractivity contribution in [1.82, 2.24) is 10.6 Å². The lowest BCUT2D eigenvalue weighted by molar-refractivity contribution is -0.123. The van der Waals surface area contributed by atoms with E-state index in [9.17, 15) is 9.59 Å². The Morgan fingerprint density at radius 3 is 2.25 bits per heavy atom. The number of carbonyl (C=O) groups is 2. The van der Waals surface area contributed by atoms with Gasteiger partial charge >= 0.3 is 6.09 Å². The van der Waals surface area contributed by atoms with Crippen molar-refractivity contribution in [2.24, 2.45) is 5.73 Å². The number of rotatable bonds is 11. The summed E-state index contributed by atoms with van der Waals surface area (Å²) in [5, 5.41) is 7.52. The zero-order chi connectivity index (χ0) is 23.3. The SMILES string of the molecule is CCCS/C=C(\N)[C@H](Cc1ccc(N)cc1)NC(=O)[C@H](Cc1ccccc1)NC(=O)OC. The van der Waals surface area contributed by atoms with Crippen molar-refractivity contribution in [2.75, 3.05) is 18.6 Å². The van der Waals surface area contributed by atoms with Crippen LogP contribution in [0.15, 0.2) is 65.7 Å². The summed E-state index contributed by atoms with van der Waals surface area (Å²) in [6, 6.07) is 15.7. The van der Waals surface area contributed by atoms with Gasteiger partial charge in [-0.3, -0.25) is 4.79 Å². The molecule has 0 bridgehead atoms. The molecule has 0 spiro atoms. The molecule has 0 saturated carbocycles. The van der Waals surface area contributed by atoms with E-state index in [1.165, 1.54) is 7.11 Å². The highest BCUT2D eigenvalue weighted by Gasteiger charge is 2.25. The molecule has 0 aliphatic carbocycles. The van der Waals surface area contributed by atoms with Gasteiger partial charge in [-0.25, -0.2) is 4.79 Å². The Balaban J connectivity index is 2.21. The molecule has 8 heteroatoms. The Kier molecular flexibility index (Phi) is 10.5. The second-order valence-corrected chi connectivity index (χ2v) is 8.35. The van der Waals surface area contributed by atoms with Gasteiger partial charge in [-0.15, -0.1) is 11.8 Å².